The van der Waals surface area contributed by atoms with E-state index in [0.717, 1.165) is 52.1 Å². The summed E-state index contributed by atoms with van der Waals surface area (Å²) in [6.45, 7) is 9.32. The molecule has 21 heavy (non-hydrogen) atoms. The minimum Gasteiger partial charge on any atom is -0.379 e. The molecule has 0 aromatic carbocycles. The van der Waals surface area contributed by atoms with Crippen LogP contribution in [0, 0.1) is 0 Å². The van der Waals surface area contributed by atoms with Crippen molar-refractivity contribution in [2.75, 3.05) is 52.5 Å². The molecule has 1 aliphatic heterocycles. The van der Waals surface area contributed by atoms with Gasteiger partial charge < -0.3 is 15.0 Å². The van der Waals surface area contributed by atoms with Crippen molar-refractivity contribution in [3.8, 4) is 0 Å². The molecule has 1 N–H and O–H groups in total. The Morgan fingerprint density at radius 1 is 1.24 bits per heavy atom. The van der Waals surface area contributed by atoms with Crippen molar-refractivity contribution in [3.63, 3.8) is 0 Å². The number of unbranched alkanes of at least 4 members (excludes halogenated alkanes) is 2. The Labute approximate surface area is 127 Å². The van der Waals surface area contributed by atoms with Gasteiger partial charge in [0.15, 0.2) is 0 Å². The van der Waals surface area contributed by atoms with Crippen molar-refractivity contribution in [3.05, 3.63) is 0 Å². The van der Waals surface area contributed by atoms with Gasteiger partial charge in [-0.15, -0.1) is 0 Å². The van der Waals surface area contributed by atoms with Crippen molar-refractivity contribution in [1.82, 2.24) is 15.1 Å². The highest BCUT2D eigenvalue weighted by Gasteiger charge is 2.14. The van der Waals surface area contributed by atoms with Gasteiger partial charge >= 0.3 is 0 Å². The first-order valence-electron chi connectivity index (χ1n) is 7.95. The zero-order valence-electron chi connectivity index (χ0n) is 13.4. The number of hydrogen-bond acceptors (Lipinski definition) is 4. The van der Waals surface area contributed by atoms with Crippen LogP contribution in [-0.2, 0) is 14.3 Å². The second kappa shape index (κ2) is 10.6. The second-order valence-corrected chi connectivity index (χ2v) is 5.45. The number of carbonyl (C=O) groups excluding carboxylic acids is 2. The van der Waals surface area contributed by atoms with Crippen molar-refractivity contribution in [2.45, 2.75) is 33.1 Å². The van der Waals surface area contributed by atoms with E-state index in [4.69, 9.17) is 4.74 Å². The standard InChI is InChI=1S/C15H29N3O3/c1-3-4-5-7-18(14(2)19)13-15(20)16-6-8-17-9-11-21-12-10-17/h3-13H2,1-2H3,(H,16,20). The van der Waals surface area contributed by atoms with Crippen LogP contribution in [0.4, 0.5) is 0 Å². The Kier molecular flexibility index (Phi) is 9.01. The third-order valence-corrected chi connectivity index (χ3v) is 3.67. The van der Waals surface area contributed by atoms with E-state index in [2.05, 4.69) is 17.1 Å². The number of carbonyl (C=O) groups is 2. The highest BCUT2D eigenvalue weighted by Crippen LogP contribution is 1.99. The lowest BCUT2D eigenvalue weighted by Crippen LogP contribution is -2.44. The highest BCUT2D eigenvalue weighted by molar-refractivity contribution is 5.83. The number of nitrogens with one attached hydrogen (secondary N) is 1. The quantitative estimate of drug-likeness (QED) is 0.629. The molecule has 6 heteroatoms. The molecular formula is C15H29N3O3. The Hall–Kier alpha value is -1.14. The maximum absolute atomic E-state index is 11.9. The molecule has 1 rings (SSSR count). The largest absolute Gasteiger partial charge is 0.379 e. The first kappa shape index (κ1) is 17.9. The van der Waals surface area contributed by atoms with Crippen LogP contribution in [0.5, 0.6) is 0 Å². The SMILES string of the molecule is CCCCCN(CC(=O)NCCN1CCOCC1)C(C)=O. The summed E-state index contributed by atoms with van der Waals surface area (Å²) in [7, 11) is 0. The van der Waals surface area contributed by atoms with Crippen LogP contribution in [0.1, 0.15) is 33.1 Å². The van der Waals surface area contributed by atoms with E-state index in [1.54, 1.807) is 4.90 Å². The molecule has 1 aliphatic rings. The third-order valence-electron chi connectivity index (χ3n) is 3.67. The topological polar surface area (TPSA) is 61.9 Å². The average Bonchev–Trinajstić information content (AvgIpc) is 2.47. The van der Waals surface area contributed by atoms with Gasteiger partial charge in [-0.05, 0) is 6.42 Å². The molecule has 122 valence electrons. The van der Waals surface area contributed by atoms with E-state index >= 15 is 0 Å². The molecule has 0 saturated carbocycles. The molecule has 0 atom stereocenters. The molecular weight excluding hydrogens is 270 g/mol. The van der Waals surface area contributed by atoms with E-state index in [0.29, 0.717) is 13.1 Å². The average molecular weight is 299 g/mol. The fraction of sp³-hybridized carbons (Fsp3) is 0.867. The Balaban J connectivity index is 2.18. The van der Waals surface area contributed by atoms with Crippen LogP contribution in [0.2, 0.25) is 0 Å². The van der Waals surface area contributed by atoms with E-state index in [9.17, 15) is 9.59 Å². The summed E-state index contributed by atoms with van der Waals surface area (Å²) in [6, 6.07) is 0. The summed E-state index contributed by atoms with van der Waals surface area (Å²) < 4.78 is 5.28. The zero-order chi connectivity index (χ0) is 15.5. The molecule has 0 aromatic heterocycles. The van der Waals surface area contributed by atoms with Crippen molar-refractivity contribution >= 4 is 11.8 Å². The molecule has 6 nitrogen and oxygen atoms in total. The van der Waals surface area contributed by atoms with E-state index in [1.165, 1.54) is 6.92 Å². The molecule has 0 aliphatic carbocycles. The van der Waals surface area contributed by atoms with Gasteiger partial charge in [0, 0.05) is 39.6 Å². The summed E-state index contributed by atoms with van der Waals surface area (Å²) in [5.41, 5.74) is 0. The predicted octanol–water partition coefficient (Wildman–Crippen LogP) is 0.474. The van der Waals surface area contributed by atoms with Crippen LogP contribution in [0.15, 0.2) is 0 Å². The number of nitrogens with zero attached hydrogens (tertiary/aromatic N) is 2. The molecule has 1 fully saturated rings. The molecule has 1 heterocycles. The van der Waals surface area contributed by atoms with Gasteiger partial charge in [-0.3, -0.25) is 14.5 Å². The zero-order valence-corrected chi connectivity index (χ0v) is 13.4. The van der Waals surface area contributed by atoms with Crippen LogP contribution in [0.25, 0.3) is 0 Å². The summed E-state index contributed by atoms with van der Waals surface area (Å²) in [4.78, 5) is 27.3. The minimum absolute atomic E-state index is 0.0329. The molecule has 1 saturated heterocycles. The van der Waals surface area contributed by atoms with Gasteiger partial charge in [-0.2, -0.15) is 0 Å². The smallest absolute Gasteiger partial charge is 0.239 e. The van der Waals surface area contributed by atoms with Gasteiger partial charge in [0.25, 0.3) is 0 Å². The first-order valence-corrected chi connectivity index (χ1v) is 7.95. The summed E-state index contributed by atoms with van der Waals surface area (Å²) in [5.74, 6) is -0.107. The van der Waals surface area contributed by atoms with Crippen LogP contribution in [0.3, 0.4) is 0 Å². The van der Waals surface area contributed by atoms with Crippen molar-refractivity contribution in [1.29, 1.82) is 0 Å². The molecule has 0 radical (unpaired) electrons. The summed E-state index contributed by atoms with van der Waals surface area (Å²) in [6.07, 6.45) is 3.15. The van der Waals surface area contributed by atoms with Gasteiger partial charge in [0.2, 0.25) is 11.8 Å². The Morgan fingerprint density at radius 2 is 1.95 bits per heavy atom. The summed E-state index contributed by atoms with van der Waals surface area (Å²) >= 11 is 0. The molecule has 2 amide bonds. The van der Waals surface area contributed by atoms with Gasteiger partial charge in [0.05, 0.1) is 19.8 Å². The molecule has 0 bridgehead atoms. The lowest BCUT2D eigenvalue weighted by molar-refractivity contribution is -0.134. The van der Waals surface area contributed by atoms with Gasteiger partial charge in [-0.25, -0.2) is 0 Å². The number of ether oxygens (including phenoxy) is 1. The molecule has 0 unspecified atom stereocenters. The van der Waals surface area contributed by atoms with E-state index < -0.39 is 0 Å². The van der Waals surface area contributed by atoms with Crippen LogP contribution < -0.4 is 5.32 Å². The third kappa shape index (κ3) is 8.02. The lowest BCUT2D eigenvalue weighted by atomic mass is 10.2. The van der Waals surface area contributed by atoms with Crippen molar-refractivity contribution < 1.29 is 14.3 Å². The first-order chi connectivity index (χ1) is 10.1. The molecule has 0 spiro atoms. The fourth-order valence-corrected chi connectivity index (χ4v) is 2.31. The fourth-order valence-electron chi connectivity index (χ4n) is 2.31. The maximum Gasteiger partial charge on any atom is 0.239 e. The normalized spacial score (nSPS) is 15.7. The summed E-state index contributed by atoms with van der Waals surface area (Å²) in [5, 5.41) is 2.89. The number of morpholine rings is 1. The minimum atomic E-state index is -0.0741. The Morgan fingerprint density at radius 3 is 2.57 bits per heavy atom. The van der Waals surface area contributed by atoms with Crippen LogP contribution in [-0.4, -0.2) is 74.1 Å². The Bertz CT molecular complexity index is 317. The molecule has 0 aromatic rings. The van der Waals surface area contributed by atoms with Gasteiger partial charge in [-0.1, -0.05) is 19.8 Å². The van der Waals surface area contributed by atoms with E-state index in [-0.39, 0.29) is 18.4 Å². The van der Waals surface area contributed by atoms with E-state index in [1.807, 2.05) is 0 Å². The number of amides is 2. The maximum atomic E-state index is 11.9. The monoisotopic (exact) mass is 299 g/mol. The highest BCUT2D eigenvalue weighted by atomic mass is 16.5. The number of rotatable bonds is 9. The van der Waals surface area contributed by atoms with Gasteiger partial charge in [0.1, 0.15) is 0 Å². The lowest BCUT2D eigenvalue weighted by Gasteiger charge is -2.26. The predicted molar refractivity (Wildman–Crippen MR) is 82.0 cm³/mol. The second-order valence-electron chi connectivity index (χ2n) is 5.45. The van der Waals surface area contributed by atoms with Crippen LogP contribution >= 0.6 is 0 Å². The number of hydrogen-bond donors (Lipinski definition) is 1. The van der Waals surface area contributed by atoms with Crippen molar-refractivity contribution in [2.24, 2.45) is 0 Å².